The van der Waals surface area contributed by atoms with Gasteiger partial charge in [-0.2, -0.15) is 0 Å². The molecule has 0 aliphatic carbocycles. The summed E-state index contributed by atoms with van der Waals surface area (Å²) in [4.78, 5) is 10.7. The van der Waals surface area contributed by atoms with Crippen molar-refractivity contribution in [3.05, 3.63) is 23.0 Å². The quantitative estimate of drug-likeness (QED) is 0.415. The molecule has 0 amide bonds. The lowest BCUT2D eigenvalue weighted by Crippen LogP contribution is -2.07. The smallest absolute Gasteiger partial charge is 0.191 e. The Morgan fingerprint density at radius 3 is 2.14 bits per heavy atom. The number of ketones is 1. The first-order valence-corrected chi connectivity index (χ1v) is 3.53. The SMILES string of the molecule is CC(=O)c1c(O)c(F)c(N)c(F)c1F. The number of phenolic OH excluding ortho intramolecular Hbond substituents is 1. The standard InChI is InChI=1S/C8H6F3NO2/c1-2(13)3-4(9)5(10)7(12)6(11)8(3)14/h14H,12H2,1H3. The number of phenols is 1. The van der Waals surface area contributed by atoms with E-state index >= 15 is 0 Å². The molecule has 3 N–H and O–H groups in total. The van der Waals surface area contributed by atoms with Gasteiger partial charge in [0.15, 0.2) is 29.0 Å². The van der Waals surface area contributed by atoms with Crippen LogP contribution in [0, 0.1) is 17.5 Å². The van der Waals surface area contributed by atoms with Gasteiger partial charge in [-0.25, -0.2) is 13.2 Å². The highest BCUT2D eigenvalue weighted by atomic mass is 19.2. The van der Waals surface area contributed by atoms with Gasteiger partial charge in [-0.3, -0.25) is 4.79 Å². The number of rotatable bonds is 1. The van der Waals surface area contributed by atoms with Crippen molar-refractivity contribution in [2.24, 2.45) is 0 Å². The van der Waals surface area contributed by atoms with Crippen LogP contribution in [-0.2, 0) is 0 Å². The summed E-state index contributed by atoms with van der Waals surface area (Å²) in [6.07, 6.45) is 0. The largest absolute Gasteiger partial charge is 0.504 e. The number of carbonyl (C=O) groups excluding carboxylic acids is 1. The zero-order chi connectivity index (χ0) is 11.0. The number of nitrogen functional groups attached to an aromatic ring is 1. The summed E-state index contributed by atoms with van der Waals surface area (Å²) in [6, 6.07) is 0. The normalized spacial score (nSPS) is 10.3. The molecule has 0 unspecified atom stereocenters. The van der Waals surface area contributed by atoms with E-state index < -0.39 is 40.2 Å². The van der Waals surface area contributed by atoms with Gasteiger partial charge in [0.25, 0.3) is 0 Å². The first-order valence-electron chi connectivity index (χ1n) is 3.53. The third-order valence-corrected chi connectivity index (χ3v) is 1.68. The average Bonchev–Trinajstić information content (AvgIpc) is 2.11. The molecular weight excluding hydrogens is 199 g/mol. The van der Waals surface area contributed by atoms with Crippen LogP contribution >= 0.6 is 0 Å². The van der Waals surface area contributed by atoms with Crippen LogP contribution in [0.25, 0.3) is 0 Å². The first-order chi connectivity index (χ1) is 6.37. The van der Waals surface area contributed by atoms with E-state index in [2.05, 4.69) is 0 Å². The minimum atomic E-state index is -1.68. The molecule has 0 saturated carbocycles. The van der Waals surface area contributed by atoms with Crippen LogP contribution in [0.2, 0.25) is 0 Å². The Hall–Kier alpha value is -1.72. The fraction of sp³-hybridized carbons (Fsp3) is 0.125. The zero-order valence-electron chi connectivity index (χ0n) is 7.07. The Morgan fingerprint density at radius 1 is 1.21 bits per heavy atom. The molecule has 14 heavy (non-hydrogen) atoms. The van der Waals surface area contributed by atoms with E-state index in [9.17, 15) is 18.0 Å². The van der Waals surface area contributed by atoms with E-state index in [4.69, 9.17) is 10.8 Å². The molecule has 1 rings (SSSR count). The molecule has 0 atom stereocenters. The maximum atomic E-state index is 13.0. The Kier molecular flexibility index (Phi) is 2.37. The topological polar surface area (TPSA) is 63.3 Å². The van der Waals surface area contributed by atoms with Crippen LogP contribution in [0.4, 0.5) is 18.9 Å². The number of hydrogen-bond donors (Lipinski definition) is 2. The monoisotopic (exact) mass is 205 g/mol. The van der Waals surface area contributed by atoms with Gasteiger partial charge in [-0.15, -0.1) is 0 Å². The molecule has 0 radical (unpaired) electrons. The van der Waals surface area contributed by atoms with Crippen molar-refractivity contribution in [1.29, 1.82) is 0 Å². The minimum Gasteiger partial charge on any atom is -0.504 e. The summed E-state index contributed by atoms with van der Waals surface area (Å²) in [5.41, 5.74) is 2.61. The van der Waals surface area contributed by atoms with Crippen LogP contribution in [0.15, 0.2) is 0 Å². The van der Waals surface area contributed by atoms with Gasteiger partial charge >= 0.3 is 0 Å². The van der Waals surface area contributed by atoms with Crippen molar-refractivity contribution >= 4 is 11.5 Å². The van der Waals surface area contributed by atoms with Gasteiger partial charge < -0.3 is 10.8 Å². The van der Waals surface area contributed by atoms with Crippen LogP contribution < -0.4 is 5.73 Å². The van der Waals surface area contributed by atoms with E-state index in [-0.39, 0.29) is 0 Å². The number of benzene rings is 1. The molecule has 6 heteroatoms. The van der Waals surface area contributed by atoms with Crippen molar-refractivity contribution in [2.45, 2.75) is 6.92 Å². The highest BCUT2D eigenvalue weighted by molar-refractivity contribution is 5.97. The summed E-state index contributed by atoms with van der Waals surface area (Å²) >= 11 is 0. The molecule has 0 aliphatic rings. The number of halogens is 3. The average molecular weight is 205 g/mol. The molecule has 1 aromatic carbocycles. The second-order valence-corrected chi connectivity index (χ2v) is 2.64. The van der Waals surface area contributed by atoms with E-state index in [0.717, 1.165) is 6.92 Å². The van der Waals surface area contributed by atoms with Gasteiger partial charge in [-0.1, -0.05) is 0 Å². The van der Waals surface area contributed by atoms with Gasteiger partial charge in [-0.05, 0) is 6.92 Å². The van der Waals surface area contributed by atoms with E-state index in [1.165, 1.54) is 0 Å². The van der Waals surface area contributed by atoms with Gasteiger partial charge in [0.05, 0.1) is 0 Å². The number of carbonyl (C=O) groups is 1. The maximum Gasteiger partial charge on any atom is 0.191 e. The summed E-state index contributed by atoms with van der Waals surface area (Å²) < 4.78 is 38.6. The van der Waals surface area contributed by atoms with E-state index in [1.807, 2.05) is 0 Å². The number of aromatic hydroxyl groups is 1. The van der Waals surface area contributed by atoms with Gasteiger partial charge in [0, 0.05) is 0 Å². The molecule has 0 aliphatic heterocycles. The lowest BCUT2D eigenvalue weighted by atomic mass is 10.1. The summed E-state index contributed by atoms with van der Waals surface area (Å²) in [7, 11) is 0. The molecular formula is C8H6F3NO2. The second-order valence-electron chi connectivity index (χ2n) is 2.64. The van der Waals surface area contributed by atoms with Crippen LogP contribution in [0.3, 0.4) is 0 Å². The molecule has 76 valence electrons. The van der Waals surface area contributed by atoms with E-state index in [0.29, 0.717) is 0 Å². The molecule has 0 saturated heterocycles. The Morgan fingerprint density at radius 2 is 1.71 bits per heavy atom. The predicted molar refractivity (Wildman–Crippen MR) is 42.4 cm³/mol. The second kappa shape index (κ2) is 3.21. The molecule has 0 heterocycles. The molecule has 0 fully saturated rings. The highest BCUT2D eigenvalue weighted by Crippen LogP contribution is 2.31. The van der Waals surface area contributed by atoms with Crippen molar-refractivity contribution in [3.8, 4) is 5.75 Å². The zero-order valence-corrected chi connectivity index (χ0v) is 7.07. The van der Waals surface area contributed by atoms with Crippen molar-refractivity contribution in [3.63, 3.8) is 0 Å². The number of hydrogen-bond acceptors (Lipinski definition) is 3. The summed E-state index contributed by atoms with van der Waals surface area (Å²) in [5.74, 6) is -7.11. The van der Waals surface area contributed by atoms with Crippen LogP contribution in [0.1, 0.15) is 17.3 Å². The number of anilines is 1. The summed E-state index contributed by atoms with van der Waals surface area (Å²) in [5, 5.41) is 8.97. The molecule has 3 nitrogen and oxygen atoms in total. The minimum absolute atomic E-state index is 0.868. The Bertz CT molecular complexity index is 389. The molecule has 0 spiro atoms. The molecule has 0 bridgehead atoms. The highest BCUT2D eigenvalue weighted by Gasteiger charge is 2.25. The van der Waals surface area contributed by atoms with Crippen LogP contribution in [-0.4, -0.2) is 10.9 Å². The van der Waals surface area contributed by atoms with Gasteiger partial charge in [0.1, 0.15) is 11.3 Å². The molecule has 1 aromatic rings. The van der Waals surface area contributed by atoms with Crippen LogP contribution in [0.5, 0.6) is 5.75 Å². The van der Waals surface area contributed by atoms with Gasteiger partial charge in [0.2, 0.25) is 0 Å². The molecule has 0 aromatic heterocycles. The fourth-order valence-corrected chi connectivity index (χ4v) is 0.987. The fourth-order valence-electron chi connectivity index (χ4n) is 0.987. The summed E-state index contributed by atoms with van der Waals surface area (Å²) in [6.45, 7) is 0.868. The van der Waals surface area contributed by atoms with Crippen molar-refractivity contribution in [1.82, 2.24) is 0 Å². The third kappa shape index (κ3) is 1.28. The first kappa shape index (κ1) is 10.4. The number of Topliss-reactive ketones (excluding diaryl/α,β-unsaturated/α-hetero) is 1. The predicted octanol–water partition coefficient (Wildman–Crippen LogP) is 1.59. The van der Waals surface area contributed by atoms with Crippen molar-refractivity contribution in [2.75, 3.05) is 5.73 Å². The van der Waals surface area contributed by atoms with E-state index in [1.54, 1.807) is 0 Å². The maximum absolute atomic E-state index is 13.0. The van der Waals surface area contributed by atoms with Crippen molar-refractivity contribution < 1.29 is 23.1 Å². The third-order valence-electron chi connectivity index (χ3n) is 1.68. The lowest BCUT2D eigenvalue weighted by molar-refractivity contribution is 0.100. The number of nitrogens with two attached hydrogens (primary N) is 1. The Balaban J connectivity index is 3.68. The lowest BCUT2D eigenvalue weighted by Gasteiger charge is -2.07. The Labute approximate surface area is 77.0 Å².